The molecule has 1 aliphatic rings. The molecule has 2 rings (SSSR count). The van der Waals surface area contributed by atoms with Crippen molar-refractivity contribution < 1.29 is 14.3 Å². The van der Waals surface area contributed by atoms with E-state index in [-0.39, 0.29) is 37.5 Å². The number of hydrogen-bond donors (Lipinski definition) is 1. The van der Waals surface area contributed by atoms with Crippen LogP contribution < -0.4 is 0 Å². The Hall–Kier alpha value is -1.46. The average Bonchev–Trinajstić information content (AvgIpc) is 2.88. The van der Waals surface area contributed by atoms with Gasteiger partial charge >= 0.3 is 0 Å². The lowest BCUT2D eigenvalue weighted by Crippen LogP contribution is -2.41. The number of carbonyl (C=O) groups is 1. The lowest BCUT2D eigenvalue weighted by Gasteiger charge is -2.25. The second-order valence-electron chi connectivity index (χ2n) is 5.29. The van der Waals surface area contributed by atoms with Crippen molar-refractivity contribution in [2.24, 2.45) is 0 Å². The lowest BCUT2D eigenvalue weighted by atomic mass is 10.2. The first-order valence-electron chi connectivity index (χ1n) is 6.94. The zero-order chi connectivity index (χ0) is 14.5. The molecule has 1 heterocycles. The smallest absolute Gasteiger partial charge is 0.236 e. The third-order valence-corrected chi connectivity index (χ3v) is 3.84. The molecule has 0 spiro atoms. The fourth-order valence-corrected chi connectivity index (χ4v) is 2.57. The maximum atomic E-state index is 13.6. The molecule has 4 nitrogen and oxygen atoms in total. The van der Waals surface area contributed by atoms with Crippen molar-refractivity contribution in [3.63, 3.8) is 0 Å². The van der Waals surface area contributed by atoms with Crippen molar-refractivity contribution in [3.8, 4) is 0 Å². The standard InChI is InChI=1S/C15H21FN2O2/c1-17(9-12-5-2-3-7-14(12)16)15(20)10-18-8-4-6-13(18)11-19/h2-3,5,7,13,19H,4,6,8-11H2,1H3/t13-/m1/s1. The summed E-state index contributed by atoms with van der Waals surface area (Å²) in [6.07, 6.45) is 1.94. The fourth-order valence-electron chi connectivity index (χ4n) is 2.57. The van der Waals surface area contributed by atoms with Crippen molar-refractivity contribution in [2.45, 2.75) is 25.4 Å². The van der Waals surface area contributed by atoms with Gasteiger partial charge in [-0.1, -0.05) is 18.2 Å². The van der Waals surface area contributed by atoms with Gasteiger partial charge in [-0.15, -0.1) is 0 Å². The van der Waals surface area contributed by atoms with Gasteiger partial charge in [0.1, 0.15) is 5.82 Å². The first-order valence-corrected chi connectivity index (χ1v) is 6.94. The van der Waals surface area contributed by atoms with E-state index >= 15 is 0 Å². The molecule has 1 atom stereocenters. The second kappa shape index (κ2) is 6.81. The zero-order valence-corrected chi connectivity index (χ0v) is 11.8. The minimum absolute atomic E-state index is 0.0476. The van der Waals surface area contributed by atoms with E-state index < -0.39 is 0 Å². The first kappa shape index (κ1) is 14.9. The van der Waals surface area contributed by atoms with Crippen LogP contribution in [-0.4, -0.2) is 53.6 Å². The molecule has 1 aromatic carbocycles. The highest BCUT2D eigenvalue weighted by Gasteiger charge is 2.26. The monoisotopic (exact) mass is 280 g/mol. The highest BCUT2D eigenvalue weighted by Crippen LogP contribution is 2.16. The van der Waals surface area contributed by atoms with Gasteiger partial charge in [-0.25, -0.2) is 4.39 Å². The quantitative estimate of drug-likeness (QED) is 0.882. The molecular formula is C15H21FN2O2. The van der Waals surface area contributed by atoms with Gasteiger partial charge in [-0.05, 0) is 25.5 Å². The summed E-state index contributed by atoms with van der Waals surface area (Å²) in [6, 6.07) is 6.57. The number of rotatable bonds is 5. The predicted octanol–water partition coefficient (Wildman–Crippen LogP) is 1.24. The molecule has 1 aromatic rings. The molecule has 110 valence electrons. The average molecular weight is 280 g/mol. The minimum Gasteiger partial charge on any atom is -0.395 e. The number of amides is 1. The molecule has 0 saturated carbocycles. The number of hydrogen-bond acceptors (Lipinski definition) is 3. The Bertz CT molecular complexity index is 467. The van der Waals surface area contributed by atoms with Crippen molar-refractivity contribution in [1.29, 1.82) is 0 Å². The molecule has 1 N–H and O–H groups in total. The molecule has 0 aromatic heterocycles. The molecule has 1 amide bonds. The molecule has 0 aliphatic carbocycles. The SMILES string of the molecule is CN(Cc1ccccc1F)C(=O)CN1CCC[C@@H]1CO. The molecule has 1 aliphatic heterocycles. The van der Waals surface area contributed by atoms with Crippen LogP contribution >= 0.6 is 0 Å². The maximum Gasteiger partial charge on any atom is 0.236 e. The number of likely N-dealkylation sites (N-methyl/N-ethyl adjacent to an activating group) is 1. The topological polar surface area (TPSA) is 43.8 Å². The Labute approximate surface area is 118 Å². The summed E-state index contributed by atoms with van der Waals surface area (Å²) < 4.78 is 13.6. The first-order chi connectivity index (χ1) is 9.61. The molecule has 0 unspecified atom stereocenters. The molecular weight excluding hydrogens is 259 g/mol. The Morgan fingerprint density at radius 1 is 1.50 bits per heavy atom. The van der Waals surface area contributed by atoms with Gasteiger partial charge in [0, 0.05) is 25.2 Å². The van der Waals surface area contributed by atoms with Gasteiger partial charge in [-0.3, -0.25) is 9.69 Å². The number of benzene rings is 1. The van der Waals surface area contributed by atoms with Crippen LogP contribution in [0.3, 0.4) is 0 Å². The minimum atomic E-state index is -0.290. The van der Waals surface area contributed by atoms with E-state index in [0.717, 1.165) is 19.4 Å². The molecule has 1 saturated heterocycles. The van der Waals surface area contributed by atoms with Gasteiger partial charge in [-0.2, -0.15) is 0 Å². The van der Waals surface area contributed by atoms with Crippen molar-refractivity contribution in [1.82, 2.24) is 9.80 Å². The highest BCUT2D eigenvalue weighted by atomic mass is 19.1. The number of aliphatic hydroxyl groups is 1. The Balaban J connectivity index is 1.91. The summed E-state index contributed by atoms with van der Waals surface area (Å²) in [7, 11) is 1.68. The van der Waals surface area contributed by atoms with Gasteiger partial charge < -0.3 is 10.0 Å². The highest BCUT2D eigenvalue weighted by molar-refractivity contribution is 5.78. The van der Waals surface area contributed by atoms with Gasteiger partial charge in [0.25, 0.3) is 0 Å². The van der Waals surface area contributed by atoms with Crippen LogP contribution in [0.4, 0.5) is 4.39 Å². The summed E-state index contributed by atoms with van der Waals surface area (Å²) in [5, 5.41) is 9.24. The summed E-state index contributed by atoms with van der Waals surface area (Å²) in [5.41, 5.74) is 0.517. The van der Waals surface area contributed by atoms with Gasteiger partial charge in [0.15, 0.2) is 0 Å². The van der Waals surface area contributed by atoms with Crippen molar-refractivity contribution >= 4 is 5.91 Å². The zero-order valence-electron chi connectivity index (χ0n) is 11.8. The van der Waals surface area contributed by atoms with E-state index in [2.05, 4.69) is 0 Å². The molecule has 0 radical (unpaired) electrons. The number of nitrogens with zero attached hydrogens (tertiary/aromatic N) is 2. The number of carbonyl (C=O) groups excluding carboxylic acids is 1. The van der Waals surface area contributed by atoms with Crippen molar-refractivity contribution in [2.75, 3.05) is 26.7 Å². The van der Waals surface area contributed by atoms with Crippen LogP contribution in [0.1, 0.15) is 18.4 Å². The summed E-state index contributed by atoms with van der Waals surface area (Å²) >= 11 is 0. The summed E-state index contributed by atoms with van der Waals surface area (Å²) in [6.45, 7) is 1.48. The Morgan fingerprint density at radius 3 is 2.95 bits per heavy atom. The third kappa shape index (κ3) is 3.55. The molecule has 20 heavy (non-hydrogen) atoms. The Morgan fingerprint density at radius 2 is 2.25 bits per heavy atom. The number of halogens is 1. The van der Waals surface area contributed by atoms with E-state index in [4.69, 9.17) is 0 Å². The Kier molecular flexibility index (Phi) is 5.09. The van der Waals surface area contributed by atoms with E-state index in [9.17, 15) is 14.3 Å². The fraction of sp³-hybridized carbons (Fsp3) is 0.533. The van der Waals surface area contributed by atoms with Gasteiger partial charge in [0.2, 0.25) is 5.91 Å². The molecule has 5 heteroatoms. The van der Waals surface area contributed by atoms with Crippen LogP contribution in [0, 0.1) is 5.82 Å². The van der Waals surface area contributed by atoms with E-state index in [0.29, 0.717) is 5.56 Å². The molecule has 1 fully saturated rings. The normalized spacial score (nSPS) is 19.2. The lowest BCUT2D eigenvalue weighted by molar-refractivity contribution is -0.132. The number of aliphatic hydroxyl groups excluding tert-OH is 1. The van der Waals surface area contributed by atoms with Crippen LogP contribution in [0.5, 0.6) is 0 Å². The van der Waals surface area contributed by atoms with Crippen LogP contribution in [-0.2, 0) is 11.3 Å². The summed E-state index contributed by atoms with van der Waals surface area (Å²) in [4.78, 5) is 15.7. The van der Waals surface area contributed by atoms with Crippen LogP contribution in [0.15, 0.2) is 24.3 Å². The van der Waals surface area contributed by atoms with Gasteiger partial charge in [0.05, 0.1) is 13.2 Å². The van der Waals surface area contributed by atoms with E-state index in [1.807, 2.05) is 4.90 Å². The number of likely N-dealkylation sites (tertiary alicyclic amines) is 1. The van der Waals surface area contributed by atoms with E-state index in [1.54, 1.807) is 25.2 Å². The second-order valence-corrected chi connectivity index (χ2v) is 5.29. The summed E-state index contributed by atoms with van der Waals surface area (Å²) in [5.74, 6) is -0.338. The maximum absolute atomic E-state index is 13.6. The van der Waals surface area contributed by atoms with Crippen LogP contribution in [0.25, 0.3) is 0 Å². The molecule has 0 bridgehead atoms. The predicted molar refractivity (Wildman–Crippen MR) is 74.6 cm³/mol. The van der Waals surface area contributed by atoms with Crippen LogP contribution in [0.2, 0.25) is 0 Å². The third-order valence-electron chi connectivity index (χ3n) is 3.84. The van der Waals surface area contributed by atoms with Crippen molar-refractivity contribution in [3.05, 3.63) is 35.6 Å². The van der Waals surface area contributed by atoms with E-state index in [1.165, 1.54) is 11.0 Å². The largest absolute Gasteiger partial charge is 0.395 e.